The number of halogens is 1. The van der Waals surface area contributed by atoms with E-state index in [1.807, 2.05) is 18.2 Å². The second-order valence-corrected chi connectivity index (χ2v) is 6.22. The third kappa shape index (κ3) is 2.53. The Morgan fingerprint density at radius 1 is 1.25 bits per heavy atom. The van der Waals surface area contributed by atoms with Crippen LogP contribution in [0.25, 0.3) is 0 Å². The molecule has 0 spiro atoms. The van der Waals surface area contributed by atoms with Crippen LogP contribution in [0.4, 0.5) is 4.39 Å². The molecule has 3 rings (SSSR count). The number of rotatable bonds is 3. The molecule has 104 valence electrons. The molecule has 1 aliphatic rings. The maximum atomic E-state index is 13.2. The lowest BCUT2D eigenvalue weighted by Gasteiger charge is -2.15. The maximum absolute atomic E-state index is 13.2. The van der Waals surface area contributed by atoms with E-state index in [4.69, 9.17) is 10.5 Å². The second kappa shape index (κ2) is 5.46. The van der Waals surface area contributed by atoms with E-state index >= 15 is 0 Å². The van der Waals surface area contributed by atoms with E-state index in [1.165, 1.54) is 11.6 Å². The molecule has 20 heavy (non-hydrogen) atoms. The van der Waals surface area contributed by atoms with Crippen LogP contribution < -0.4 is 10.5 Å². The summed E-state index contributed by atoms with van der Waals surface area (Å²) in [4.78, 5) is 0.922. The van der Waals surface area contributed by atoms with Gasteiger partial charge < -0.3 is 10.5 Å². The van der Waals surface area contributed by atoms with Gasteiger partial charge in [0.05, 0.1) is 7.11 Å². The Labute approximate surface area is 122 Å². The topological polar surface area (TPSA) is 35.2 Å². The molecule has 2 N–H and O–H groups in total. The van der Waals surface area contributed by atoms with Crippen molar-refractivity contribution in [3.05, 3.63) is 59.4 Å². The summed E-state index contributed by atoms with van der Waals surface area (Å²) in [6.45, 7) is 0. The first kappa shape index (κ1) is 13.5. The number of ether oxygens (including phenoxy) is 1. The molecule has 0 saturated heterocycles. The van der Waals surface area contributed by atoms with Crippen molar-refractivity contribution in [1.82, 2.24) is 0 Å². The first-order valence-corrected chi connectivity index (χ1v) is 7.40. The number of thioether (sulfide) groups is 1. The van der Waals surface area contributed by atoms with Crippen LogP contribution in [0.2, 0.25) is 0 Å². The number of fused-ring (bicyclic) bond motifs is 1. The summed E-state index contributed by atoms with van der Waals surface area (Å²) in [6.07, 6.45) is 0.904. The first-order chi connectivity index (χ1) is 9.67. The molecule has 1 aliphatic carbocycles. The summed E-state index contributed by atoms with van der Waals surface area (Å²) in [5.41, 5.74) is 8.72. The number of methoxy groups -OCH3 is 1. The lowest BCUT2D eigenvalue weighted by molar-refractivity contribution is 0.414. The van der Waals surface area contributed by atoms with Gasteiger partial charge in [-0.1, -0.05) is 12.1 Å². The highest BCUT2D eigenvalue weighted by molar-refractivity contribution is 8.00. The van der Waals surface area contributed by atoms with Gasteiger partial charge in [0.25, 0.3) is 0 Å². The number of hydrogen-bond donors (Lipinski definition) is 1. The summed E-state index contributed by atoms with van der Waals surface area (Å²) >= 11 is 1.64. The predicted molar refractivity (Wildman–Crippen MR) is 79.7 cm³/mol. The van der Waals surface area contributed by atoms with E-state index in [2.05, 4.69) is 6.07 Å². The zero-order valence-electron chi connectivity index (χ0n) is 11.2. The van der Waals surface area contributed by atoms with E-state index < -0.39 is 0 Å². The zero-order valence-corrected chi connectivity index (χ0v) is 12.0. The highest BCUT2D eigenvalue weighted by atomic mass is 32.2. The van der Waals surface area contributed by atoms with Crippen LogP contribution in [0, 0.1) is 5.82 Å². The van der Waals surface area contributed by atoms with Gasteiger partial charge in [0.1, 0.15) is 11.6 Å². The minimum Gasteiger partial charge on any atom is -0.497 e. The summed E-state index contributed by atoms with van der Waals surface area (Å²) in [7, 11) is 1.65. The molecule has 2 aromatic rings. The largest absolute Gasteiger partial charge is 0.497 e. The molecule has 4 heteroatoms. The Kier molecular flexibility index (Phi) is 3.68. The molecule has 2 unspecified atom stereocenters. The molecule has 0 bridgehead atoms. The normalized spacial score (nSPS) is 20.8. The highest BCUT2D eigenvalue weighted by Crippen LogP contribution is 2.41. The fourth-order valence-corrected chi connectivity index (χ4v) is 3.81. The van der Waals surface area contributed by atoms with Crippen molar-refractivity contribution in [2.45, 2.75) is 22.6 Å². The van der Waals surface area contributed by atoms with Gasteiger partial charge in [-0.3, -0.25) is 0 Å². The Morgan fingerprint density at radius 3 is 2.85 bits per heavy atom. The maximum Gasteiger partial charge on any atom is 0.124 e. The van der Waals surface area contributed by atoms with E-state index in [0.29, 0.717) is 0 Å². The van der Waals surface area contributed by atoms with E-state index in [9.17, 15) is 4.39 Å². The molecule has 0 aromatic heterocycles. The minimum absolute atomic E-state index is 0.0478. The second-order valence-electron chi connectivity index (χ2n) is 4.91. The molecular formula is C16H16FNOS. The van der Waals surface area contributed by atoms with Crippen LogP contribution in [-0.4, -0.2) is 12.4 Å². The van der Waals surface area contributed by atoms with Gasteiger partial charge >= 0.3 is 0 Å². The molecule has 2 atom stereocenters. The van der Waals surface area contributed by atoms with Crippen molar-refractivity contribution in [3.8, 4) is 5.75 Å². The Balaban J connectivity index is 1.81. The Bertz CT molecular complexity index is 632. The van der Waals surface area contributed by atoms with Gasteiger partial charge in [0.15, 0.2) is 0 Å². The van der Waals surface area contributed by atoms with Crippen molar-refractivity contribution in [2.24, 2.45) is 5.73 Å². The van der Waals surface area contributed by atoms with Gasteiger partial charge in [-0.2, -0.15) is 0 Å². The monoisotopic (exact) mass is 289 g/mol. The quantitative estimate of drug-likeness (QED) is 0.938. The number of nitrogens with two attached hydrogens (primary N) is 1. The van der Waals surface area contributed by atoms with E-state index in [-0.39, 0.29) is 17.1 Å². The van der Waals surface area contributed by atoms with Gasteiger partial charge in [-0.05, 0) is 47.9 Å². The summed E-state index contributed by atoms with van der Waals surface area (Å²) in [5.74, 6) is 0.622. The molecule has 0 heterocycles. The molecule has 2 aromatic carbocycles. The van der Waals surface area contributed by atoms with Crippen molar-refractivity contribution in [2.75, 3.05) is 7.11 Å². The van der Waals surface area contributed by atoms with Crippen molar-refractivity contribution in [1.29, 1.82) is 0 Å². The summed E-state index contributed by atoms with van der Waals surface area (Å²) < 4.78 is 18.5. The smallest absolute Gasteiger partial charge is 0.124 e. The van der Waals surface area contributed by atoms with Crippen molar-refractivity contribution >= 4 is 11.8 Å². The van der Waals surface area contributed by atoms with Crippen molar-refractivity contribution in [3.63, 3.8) is 0 Å². The lowest BCUT2D eigenvalue weighted by Crippen LogP contribution is -2.18. The van der Waals surface area contributed by atoms with Crippen LogP contribution >= 0.6 is 11.8 Å². The van der Waals surface area contributed by atoms with Crippen LogP contribution in [0.15, 0.2) is 47.4 Å². The molecule has 0 radical (unpaired) electrons. The van der Waals surface area contributed by atoms with Crippen LogP contribution in [0.5, 0.6) is 5.75 Å². The van der Waals surface area contributed by atoms with Gasteiger partial charge in [0, 0.05) is 16.2 Å². The molecular weight excluding hydrogens is 273 g/mol. The minimum atomic E-state index is -0.208. The number of benzene rings is 2. The summed E-state index contributed by atoms with van der Waals surface area (Å²) in [5, 5.41) is 0.235. The van der Waals surface area contributed by atoms with Crippen molar-refractivity contribution < 1.29 is 9.13 Å². The molecule has 0 aliphatic heterocycles. The molecule has 2 nitrogen and oxygen atoms in total. The van der Waals surface area contributed by atoms with E-state index in [1.54, 1.807) is 31.0 Å². The molecule has 0 amide bonds. The van der Waals surface area contributed by atoms with Gasteiger partial charge in [0.2, 0.25) is 0 Å². The van der Waals surface area contributed by atoms with Crippen LogP contribution in [0.1, 0.15) is 17.2 Å². The average Bonchev–Trinajstić information content (AvgIpc) is 2.75. The average molecular weight is 289 g/mol. The fourth-order valence-electron chi connectivity index (χ4n) is 2.57. The highest BCUT2D eigenvalue weighted by Gasteiger charge is 2.30. The SMILES string of the molecule is COc1ccc2c(c1)C(N)C(Sc1cccc(F)c1)C2. The third-order valence-corrected chi connectivity index (χ3v) is 4.91. The Morgan fingerprint density at radius 2 is 2.10 bits per heavy atom. The van der Waals surface area contributed by atoms with Crippen LogP contribution in [-0.2, 0) is 6.42 Å². The molecule has 0 fully saturated rings. The third-order valence-electron chi connectivity index (χ3n) is 3.62. The standard InChI is InChI=1S/C16H16FNOS/c1-19-12-6-5-10-7-15(16(18)14(10)9-12)20-13-4-2-3-11(17)8-13/h2-6,8-9,15-16H,7,18H2,1H3. The van der Waals surface area contributed by atoms with Crippen LogP contribution in [0.3, 0.4) is 0 Å². The van der Waals surface area contributed by atoms with Gasteiger partial charge in [-0.15, -0.1) is 11.8 Å². The summed E-state index contributed by atoms with van der Waals surface area (Å²) in [6, 6.07) is 12.7. The predicted octanol–water partition coefficient (Wildman–Crippen LogP) is 3.55. The van der Waals surface area contributed by atoms with Gasteiger partial charge in [-0.25, -0.2) is 4.39 Å². The fraction of sp³-hybridized carbons (Fsp3) is 0.250. The molecule has 0 saturated carbocycles. The Hall–Kier alpha value is -1.52. The number of hydrogen-bond acceptors (Lipinski definition) is 3. The lowest BCUT2D eigenvalue weighted by atomic mass is 10.1. The first-order valence-electron chi connectivity index (χ1n) is 6.52. The van der Waals surface area contributed by atoms with E-state index in [0.717, 1.165) is 22.6 Å². The zero-order chi connectivity index (χ0) is 14.1.